The van der Waals surface area contributed by atoms with Crippen molar-refractivity contribution < 1.29 is 32.7 Å². The Bertz CT molecular complexity index is 551. The fraction of sp³-hybridized carbons (Fsp3) is 0.111. The summed E-state index contributed by atoms with van der Waals surface area (Å²) in [4.78, 5) is 0. The Labute approximate surface area is 140 Å². The van der Waals surface area contributed by atoms with Gasteiger partial charge >= 0.3 is 0 Å². The topological polar surface area (TPSA) is 0 Å². The molecule has 0 atom stereocenters. The summed E-state index contributed by atoms with van der Waals surface area (Å²) in [5.74, 6) is 0. The number of fused-ring (bicyclic) bond motifs is 1. The molecule has 0 saturated heterocycles. The number of rotatable bonds is 0. The van der Waals surface area contributed by atoms with Crippen molar-refractivity contribution in [2.45, 2.75) is 13.8 Å². The van der Waals surface area contributed by atoms with Crippen LogP contribution in [0.4, 0.5) is 0 Å². The molecule has 0 bridgehead atoms. The summed E-state index contributed by atoms with van der Waals surface area (Å²) in [5, 5.41) is 2.56. The molecular weight excluding hydrogens is 305 g/mol. The van der Waals surface area contributed by atoms with Crippen molar-refractivity contribution >= 4 is 10.8 Å². The van der Waals surface area contributed by atoms with Gasteiger partial charge in [0, 0.05) is 32.7 Å². The zero-order chi connectivity index (χ0) is 12.8. The first-order valence-electron chi connectivity index (χ1n) is 6.07. The summed E-state index contributed by atoms with van der Waals surface area (Å²) in [6.45, 7) is 4.28. The second-order valence-electron chi connectivity index (χ2n) is 4.24. The van der Waals surface area contributed by atoms with Crippen molar-refractivity contribution in [2.24, 2.45) is 0 Å². The van der Waals surface area contributed by atoms with Gasteiger partial charge in [-0.05, 0) is 6.92 Å². The first-order valence-corrected chi connectivity index (χ1v) is 6.07. The average molecular weight is 321 g/mol. The molecule has 0 heterocycles. The largest absolute Gasteiger partial charge is 0.184 e. The predicted octanol–water partition coefficient (Wildman–Crippen LogP) is 4.74. The fourth-order valence-corrected chi connectivity index (χ4v) is 1.99. The van der Waals surface area contributed by atoms with Crippen LogP contribution in [0, 0.1) is 26.0 Å². The minimum absolute atomic E-state index is 0. The van der Waals surface area contributed by atoms with Gasteiger partial charge in [-0.15, -0.1) is 46.7 Å². The Balaban J connectivity index is 0.000000220. The second-order valence-corrected chi connectivity index (χ2v) is 4.24. The molecule has 0 N–H and O–H groups in total. The van der Waals surface area contributed by atoms with E-state index >= 15 is 0 Å². The van der Waals surface area contributed by atoms with E-state index in [9.17, 15) is 0 Å². The Hall–Kier alpha value is -0.976. The minimum atomic E-state index is 0. The third-order valence-corrected chi connectivity index (χ3v) is 2.85. The Morgan fingerprint density at radius 1 is 0.737 bits per heavy atom. The molecule has 3 aromatic carbocycles. The number of hydrogen-bond donors (Lipinski definition) is 0. The molecule has 3 rings (SSSR count). The molecule has 93 valence electrons. The van der Waals surface area contributed by atoms with E-state index in [0.717, 1.165) is 0 Å². The standard InChI is InChI=1S/C12H11.C6H5.Y/c1-9-5-3-7-11-8-4-6-10(2)12(9)11;1-2-4-6-5-3-1;/h3-7H,1-2H3;1-5H;/q2*-1;. The predicted molar refractivity (Wildman–Crippen MR) is 77.5 cm³/mol. The molecule has 0 aliphatic rings. The van der Waals surface area contributed by atoms with Gasteiger partial charge in [-0.2, -0.15) is 36.4 Å². The Kier molecular flexibility index (Phi) is 6.98. The van der Waals surface area contributed by atoms with Crippen LogP contribution >= 0.6 is 0 Å². The van der Waals surface area contributed by atoms with Crippen LogP contribution in [0.1, 0.15) is 11.1 Å². The molecule has 0 aromatic heterocycles. The van der Waals surface area contributed by atoms with Gasteiger partial charge in [0.1, 0.15) is 0 Å². The maximum Gasteiger partial charge on any atom is 0 e. The summed E-state index contributed by atoms with van der Waals surface area (Å²) >= 11 is 0. The number of aryl methyl sites for hydroxylation is 2. The van der Waals surface area contributed by atoms with E-state index < -0.39 is 0 Å². The first-order chi connectivity index (χ1) is 8.79. The molecule has 0 spiro atoms. The van der Waals surface area contributed by atoms with Gasteiger partial charge < -0.3 is 0 Å². The zero-order valence-corrected chi connectivity index (χ0v) is 14.2. The van der Waals surface area contributed by atoms with Gasteiger partial charge in [0.15, 0.2) is 0 Å². The van der Waals surface area contributed by atoms with Gasteiger partial charge in [-0.25, -0.2) is 0 Å². The monoisotopic (exact) mass is 321 g/mol. The van der Waals surface area contributed by atoms with Crippen LogP contribution in [0.25, 0.3) is 10.8 Å². The maximum atomic E-state index is 3.23. The van der Waals surface area contributed by atoms with E-state index in [1.54, 1.807) is 0 Å². The zero-order valence-electron chi connectivity index (χ0n) is 11.4. The van der Waals surface area contributed by atoms with Crippen LogP contribution in [-0.4, -0.2) is 0 Å². The molecule has 0 nitrogen and oxygen atoms in total. The molecule has 19 heavy (non-hydrogen) atoms. The van der Waals surface area contributed by atoms with Gasteiger partial charge in [0.2, 0.25) is 0 Å². The SMILES string of the molecule is Cc1cc[c-]c2cccc(C)c12.[Y].[c-]1ccccc1. The molecule has 0 aliphatic heterocycles. The maximum absolute atomic E-state index is 3.23. The Morgan fingerprint density at radius 2 is 1.42 bits per heavy atom. The summed E-state index contributed by atoms with van der Waals surface area (Å²) in [5.41, 5.74) is 2.67. The molecule has 0 aliphatic carbocycles. The van der Waals surface area contributed by atoms with E-state index in [0.29, 0.717) is 0 Å². The normalized spacial score (nSPS) is 9.16. The van der Waals surface area contributed by atoms with Gasteiger partial charge in [0.05, 0.1) is 0 Å². The second kappa shape index (κ2) is 8.25. The summed E-state index contributed by atoms with van der Waals surface area (Å²) in [6.07, 6.45) is 0. The number of hydrogen-bond acceptors (Lipinski definition) is 0. The van der Waals surface area contributed by atoms with Crippen molar-refractivity contribution in [3.05, 3.63) is 83.9 Å². The molecule has 0 amide bonds. The Morgan fingerprint density at radius 3 is 1.95 bits per heavy atom. The smallest absolute Gasteiger partial charge is 0 e. The van der Waals surface area contributed by atoms with E-state index in [1.807, 2.05) is 36.4 Å². The van der Waals surface area contributed by atoms with Gasteiger partial charge in [0.25, 0.3) is 0 Å². The van der Waals surface area contributed by atoms with Gasteiger partial charge in [-0.3, -0.25) is 0 Å². The number of benzene rings is 3. The van der Waals surface area contributed by atoms with Crippen LogP contribution in [-0.2, 0) is 32.7 Å². The van der Waals surface area contributed by atoms with Crippen molar-refractivity contribution in [1.82, 2.24) is 0 Å². The van der Waals surface area contributed by atoms with E-state index in [1.165, 1.54) is 21.9 Å². The third kappa shape index (κ3) is 4.56. The molecule has 0 unspecified atom stereocenters. The van der Waals surface area contributed by atoms with E-state index in [4.69, 9.17) is 0 Å². The molecule has 3 aromatic rings. The minimum Gasteiger partial charge on any atom is -0.184 e. The van der Waals surface area contributed by atoms with Crippen LogP contribution in [0.15, 0.2) is 60.7 Å². The summed E-state index contributed by atoms with van der Waals surface area (Å²) in [7, 11) is 0. The quantitative estimate of drug-likeness (QED) is 0.525. The fourth-order valence-electron chi connectivity index (χ4n) is 1.99. The average Bonchev–Trinajstić information content (AvgIpc) is 2.42. The van der Waals surface area contributed by atoms with E-state index in [2.05, 4.69) is 50.2 Å². The molecule has 1 radical (unpaired) electrons. The van der Waals surface area contributed by atoms with Crippen LogP contribution in [0.5, 0.6) is 0 Å². The molecular formula is C18H16Y-2. The van der Waals surface area contributed by atoms with Gasteiger partial charge in [-0.1, -0.05) is 18.6 Å². The van der Waals surface area contributed by atoms with Crippen molar-refractivity contribution in [3.63, 3.8) is 0 Å². The van der Waals surface area contributed by atoms with Crippen molar-refractivity contribution in [1.29, 1.82) is 0 Å². The van der Waals surface area contributed by atoms with Crippen molar-refractivity contribution in [3.8, 4) is 0 Å². The summed E-state index contributed by atoms with van der Waals surface area (Å²) < 4.78 is 0. The van der Waals surface area contributed by atoms with Crippen LogP contribution < -0.4 is 0 Å². The molecule has 0 saturated carbocycles. The third-order valence-electron chi connectivity index (χ3n) is 2.85. The summed E-state index contributed by atoms with van der Waals surface area (Å²) in [6, 6.07) is 26.1. The molecule has 1 heteroatoms. The molecule has 0 fully saturated rings. The van der Waals surface area contributed by atoms with E-state index in [-0.39, 0.29) is 32.7 Å². The van der Waals surface area contributed by atoms with Crippen molar-refractivity contribution in [2.75, 3.05) is 0 Å². The van der Waals surface area contributed by atoms with Crippen LogP contribution in [0.2, 0.25) is 0 Å². The first kappa shape index (κ1) is 16.1. The van der Waals surface area contributed by atoms with Crippen LogP contribution in [0.3, 0.4) is 0 Å².